The Hall–Kier alpha value is -1.25. The molecule has 0 aromatic carbocycles. The largest absolute Gasteiger partial charge is 0.488 e. The van der Waals surface area contributed by atoms with Crippen molar-refractivity contribution in [2.75, 3.05) is 12.4 Å². The number of aromatic nitrogens is 1. The van der Waals surface area contributed by atoms with E-state index in [-0.39, 0.29) is 0 Å². The van der Waals surface area contributed by atoms with E-state index in [1.807, 2.05) is 19.3 Å². The molecule has 1 aliphatic rings. The highest BCUT2D eigenvalue weighted by Crippen LogP contribution is 2.32. The minimum atomic E-state index is 0.407. The van der Waals surface area contributed by atoms with Crippen LogP contribution in [0.5, 0.6) is 5.75 Å². The highest BCUT2D eigenvalue weighted by molar-refractivity contribution is 5.48. The maximum Gasteiger partial charge on any atom is 0.143 e. The number of rotatable bonds is 4. The van der Waals surface area contributed by atoms with E-state index in [2.05, 4.69) is 24.1 Å². The van der Waals surface area contributed by atoms with Crippen LogP contribution in [-0.4, -0.2) is 18.1 Å². The van der Waals surface area contributed by atoms with E-state index in [4.69, 9.17) is 4.74 Å². The molecule has 1 aromatic rings. The monoisotopic (exact) mass is 206 g/mol. The molecule has 1 aromatic heterocycles. The van der Waals surface area contributed by atoms with Crippen molar-refractivity contribution >= 4 is 5.69 Å². The molecule has 0 atom stereocenters. The summed E-state index contributed by atoms with van der Waals surface area (Å²) in [5.41, 5.74) is 2.07. The molecular weight excluding hydrogens is 188 g/mol. The Balaban J connectivity index is 2.26. The first-order valence-corrected chi connectivity index (χ1v) is 5.55. The minimum absolute atomic E-state index is 0.407. The third-order valence-electron chi connectivity index (χ3n) is 2.54. The van der Waals surface area contributed by atoms with E-state index in [1.54, 1.807) is 0 Å². The van der Waals surface area contributed by atoms with Gasteiger partial charge in [-0.25, -0.2) is 0 Å². The van der Waals surface area contributed by atoms with Crippen molar-refractivity contribution in [1.29, 1.82) is 0 Å². The van der Waals surface area contributed by atoms with Crippen molar-refractivity contribution in [2.24, 2.45) is 0 Å². The van der Waals surface area contributed by atoms with Crippen LogP contribution in [0.3, 0.4) is 0 Å². The maximum atomic E-state index is 5.86. The average molecular weight is 206 g/mol. The number of ether oxygens (including phenoxy) is 1. The quantitative estimate of drug-likeness (QED) is 0.822. The number of pyridine rings is 1. The molecule has 2 rings (SSSR count). The molecular formula is C12H18N2O. The fourth-order valence-corrected chi connectivity index (χ4v) is 1.49. The number of nitrogens with zero attached hydrogens (tertiary/aromatic N) is 1. The van der Waals surface area contributed by atoms with Gasteiger partial charge in [-0.1, -0.05) is 13.8 Å². The van der Waals surface area contributed by atoms with Gasteiger partial charge in [-0.15, -0.1) is 0 Å². The van der Waals surface area contributed by atoms with Gasteiger partial charge < -0.3 is 10.1 Å². The first-order chi connectivity index (χ1) is 7.20. The molecule has 3 nitrogen and oxygen atoms in total. The molecule has 1 heterocycles. The van der Waals surface area contributed by atoms with Crippen molar-refractivity contribution in [2.45, 2.75) is 38.7 Å². The van der Waals surface area contributed by atoms with E-state index < -0.39 is 0 Å². The number of anilines is 1. The SMILES string of the molecule is CNc1cnc(C(C)C)c(OC2CC2)c1. The van der Waals surface area contributed by atoms with Gasteiger partial charge in [0.15, 0.2) is 0 Å². The molecule has 1 N–H and O–H groups in total. The van der Waals surface area contributed by atoms with Crippen molar-refractivity contribution in [1.82, 2.24) is 4.98 Å². The first-order valence-electron chi connectivity index (χ1n) is 5.55. The van der Waals surface area contributed by atoms with Gasteiger partial charge in [0.25, 0.3) is 0 Å². The average Bonchev–Trinajstić information content (AvgIpc) is 3.01. The lowest BCUT2D eigenvalue weighted by Gasteiger charge is -2.13. The normalized spacial score (nSPS) is 15.5. The molecule has 3 heteroatoms. The minimum Gasteiger partial charge on any atom is -0.488 e. The van der Waals surface area contributed by atoms with Crippen LogP contribution in [0.25, 0.3) is 0 Å². The van der Waals surface area contributed by atoms with Crippen molar-refractivity contribution in [3.8, 4) is 5.75 Å². The molecule has 1 fully saturated rings. The molecule has 15 heavy (non-hydrogen) atoms. The van der Waals surface area contributed by atoms with Crippen LogP contribution < -0.4 is 10.1 Å². The van der Waals surface area contributed by atoms with E-state index in [0.717, 1.165) is 17.1 Å². The predicted molar refractivity (Wildman–Crippen MR) is 61.5 cm³/mol. The smallest absolute Gasteiger partial charge is 0.143 e. The summed E-state index contributed by atoms with van der Waals surface area (Å²) in [6.07, 6.45) is 4.65. The molecule has 1 aliphatic carbocycles. The third-order valence-corrected chi connectivity index (χ3v) is 2.54. The second kappa shape index (κ2) is 4.09. The summed E-state index contributed by atoms with van der Waals surface area (Å²) < 4.78 is 5.86. The van der Waals surface area contributed by atoms with Gasteiger partial charge >= 0.3 is 0 Å². The van der Waals surface area contributed by atoms with E-state index in [0.29, 0.717) is 12.0 Å². The molecule has 82 valence electrons. The summed E-state index contributed by atoms with van der Waals surface area (Å²) in [7, 11) is 1.90. The van der Waals surface area contributed by atoms with Crippen molar-refractivity contribution < 1.29 is 4.74 Å². The van der Waals surface area contributed by atoms with Gasteiger partial charge in [0, 0.05) is 13.1 Å². The molecule has 0 radical (unpaired) electrons. The molecule has 0 bridgehead atoms. The Labute approximate surface area is 90.9 Å². The van der Waals surface area contributed by atoms with Crippen LogP contribution in [0.2, 0.25) is 0 Å². The van der Waals surface area contributed by atoms with Gasteiger partial charge in [0.1, 0.15) is 5.75 Å². The second-order valence-corrected chi connectivity index (χ2v) is 4.33. The lowest BCUT2D eigenvalue weighted by molar-refractivity contribution is 0.297. The Bertz CT molecular complexity index is 345. The Morgan fingerprint density at radius 2 is 2.20 bits per heavy atom. The number of hydrogen-bond acceptors (Lipinski definition) is 3. The van der Waals surface area contributed by atoms with E-state index >= 15 is 0 Å². The zero-order chi connectivity index (χ0) is 10.8. The third kappa shape index (κ3) is 2.41. The Morgan fingerprint density at radius 1 is 1.47 bits per heavy atom. The Kier molecular flexibility index (Phi) is 2.80. The van der Waals surface area contributed by atoms with Crippen LogP contribution in [0.15, 0.2) is 12.3 Å². The zero-order valence-electron chi connectivity index (χ0n) is 9.58. The standard InChI is InChI=1S/C12H18N2O/c1-8(2)12-11(15-10-4-5-10)6-9(13-3)7-14-12/h6-8,10,13H,4-5H2,1-3H3. The summed E-state index contributed by atoms with van der Waals surface area (Å²) in [5.74, 6) is 1.35. The fraction of sp³-hybridized carbons (Fsp3) is 0.583. The van der Waals surface area contributed by atoms with Crippen LogP contribution >= 0.6 is 0 Å². The maximum absolute atomic E-state index is 5.86. The van der Waals surface area contributed by atoms with Gasteiger partial charge in [0.05, 0.1) is 23.7 Å². The fourth-order valence-electron chi connectivity index (χ4n) is 1.49. The lowest BCUT2D eigenvalue weighted by atomic mass is 10.1. The Morgan fingerprint density at radius 3 is 2.73 bits per heavy atom. The molecule has 0 spiro atoms. The number of hydrogen-bond donors (Lipinski definition) is 1. The summed E-state index contributed by atoms with van der Waals surface area (Å²) in [6.45, 7) is 4.28. The van der Waals surface area contributed by atoms with E-state index in [9.17, 15) is 0 Å². The molecule has 0 saturated heterocycles. The van der Waals surface area contributed by atoms with Crippen LogP contribution in [0.4, 0.5) is 5.69 Å². The van der Waals surface area contributed by atoms with Gasteiger partial charge in [-0.05, 0) is 18.8 Å². The highest BCUT2D eigenvalue weighted by Gasteiger charge is 2.25. The lowest BCUT2D eigenvalue weighted by Crippen LogP contribution is -2.04. The molecule has 0 unspecified atom stereocenters. The van der Waals surface area contributed by atoms with Gasteiger partial charge in [-0.2, -0.15) is 0 Å². The van der Waals surface area contributed by atoms with Crippen LogP contribution in [0, 0.1) is 0 Å². The van der Waals surface area contributed by atoms with Crippen molar-refractivity contribution in [3.63, 3.8) is 0 Å². The van der Waals surface area contributed by atoms with Crippen LogP contribution in [0.1, 0.15) is 38.3 Å². The summed E-state index contributed by atoms with van der Waals surface area (Å²) in [5, 5.41) is 3.08. The molecule has 0 aliphatic heterocycles. The first kappa shape index (κ1) is 10.3. The summed E-state index contributed by atoms with van der Waals surface area (Å²) >= 11 is 0. The predicted octanol–water partition coefficient (Wildman–Crippen LogP) is 2.79. The van der Waals surface area contributed by atoms with E-state index in [1.165, 1.54) is 12.8 Å². The summed E-state index contributed by atoms with van der Waals surface area (Å²) in [4.78, 5) is 4.44. The highest BCUT2D eigenvalue weighted by atomic mass is 16.5. The zero-order valence-corrected chi connectivity index (χ0v) is 9.58. The van der Waals surface area contributed by atoms with Gasteiger partial charge in [0.2, 0.25) is 0 Å². The molecule has 1 saturated carbocycles. The van der Waals surface area contributed by atoms with Gasteiger partial charge in [-0.3, -0.25) is 4.98 Å². The van der Waals surface area contributed by atoms with Crippen LogP contribution in [-0.2, 0) is 0 Å². The van der Waals surface area contributed by atoms with Crippen molar-refractivity contribution in [3.05, 3.63) is 18.0 Å². The topological polar surface area (TPSA) is 34.2 Å². The second-order valence-electron chi connectivity index (χ2n) is 4.33. The number of nitrogens with one attached hydrogen (secondary N) is 1. The molecule has 0 amide bonds. The summed E-state index contributed by atoms with van der Waals surface area (Å²) in [6, 6.07) is 2.04.